The molecule has 2 aromatic heterocycles. The summed E-state index contributed by atoms with van der Waals surface area (Å²) in [6, 6.07) is 14.1. The van der Waals surface area contributed by atoms with Crippen molar-refractivity contribution >= 4 is 38.2 Å². The van der Waals surface area contributed by atoms with Crippen molar-refractivity contribution < 1.29 is 22.7 Å². The number of nitrogens with one attached hydrogen (secondary N) is 2. The Hall–Kier alpha value is -3.45. The van der Waals surface area contributed by atoms with Crippen molar-refractivity contribution in [3.63, 3.8) is 0 Å². The van der Waals surface area contributed by atoms with Gasteiger partial charge in [0.1, 0.15) is 15.1 Å². The molecule has 9 heteroatoms. The molecule has 6 nitrogen and oxygen atoms in total. The number of fused-ring (bicyclic) bond motifs is 1. The fraction of sp³-hybridized carbons (Fsp3) is 0.125. The van der Waals surface area contributed by atoms with Crippen LogP contribution in [0.5, 0.6) is 0 Å². The third-order valence-electron chi connectivity index (χ3n) is 5.00. The normalized spacial score (nSPS) is 12.3. The number of H-pyrrole nitrogens is 1. The van der Waals surface area contributed by atoms with Crippen LogP contribution in [0.15, 0.2) is 65.0 Å². The summed E-state index contributed by atoms with van der Waals surface area (Å²) < 4.78 is 41.9. The van der Waals surface area contributed by atoms with E-state index in [1.54, 1.807) is 18.3 Å². The van der Waals surface area contributed by atoms with Gasteiger partial charge in [-0.05, 0) is 36.6 Å². The van der Waals surface area contributed by atoms with Gasteiger partial charge in [-0.2, -0.15) is 4.72 Å². The molecule has 0 bridgehead atoms. The summed E-state index contributed by atoms with van der Waals surface area (Å²) in [5.74, 6) is 3.35. The van der Waals surface area contributed by atoms with Gasteiger partial charge < -0.3 is 10.1 Å². The zero-order valence-electron chi connectivity index (χ0n) is 17.4. The lowest BCUT2D eigenvalue weighted by molar-refractivity contribution is -0.138. The Bertz CT molecular complexity index is 1490. The van der Waals surface area contributed by atoms with Crippen LogP contribution in [-0.2, 0) is 21.2 Å². The fourth-order valence-corrected chi connectivity index (χ4v) is 5.67. The van der Waals surface area contributed by atoms with Gasteiger partial charge in [0.15, 0.2) is 5.82 Å². The molecule has 0 radical (unpaired) electrons. The SMILES string of the molecule is Cc1ccc(C#Cc2sc(S(=O)(=O)N[C@H](Cc3c[nH]c4ccccc34)C(=O)O)cc2F)cc1. The van der Waals surface area contributed by atoms with E-state index in [2.05, 4.69) is 21.5 Å². The van der Waals surface area contributed by atoms with E-state index in [1.165, 1.54) is 0 Å². The molecule has 0 aliphatic heterocycles. The number of aromatic amines is 1. The van der Waals surface area contributed by atoms with Crippen LogP contribution in [0.2, 0.25) is 0 Å². The van der Waals surface area contributed by atoms with Gasteiger partial charge >= 0.3 is 5.97 Å². The topological polar surface area (TPSA) is 99.3 Å². The number of aromatic nitrogens is 1. The molecule has 1 atom stereocenters. The van der Waals surface area contributed by atoms with Gasteiger partial charge in [0.25, 0.3) is 10.0 Å². The molecule has 0 aliphatic carbocycles. The van der Waals surface area contributed by atoms with Crippen LogP contribution < -0.4 is 4.72 Å². The van der Waals surface area contributed by atoms with Gasteiger partial charge in [-0.15, -0.1) is 11.3 Å². The number of carbonyl (C=O) groups is 1. The molecular formula is C24H19FN2O4S2. The second kappa shape index (κ2) is 9.19. The molecule has 0 aliphatic rings. The lowest BCUT2D eigenvalue weighted by Gasteiger charge is -2.13. The first-order chi connectivity index (χ1) is 15.7. The first kappa shape index (κ1) is 22.7. The molecule has 0 fully saturated rings. The zero-order chi connectivity index (χ0) is 23.6. The van der Waals surface area contributed by atoms with Crippen LogP contribution in [0.3, 0.4) is 0 Å². The lowest BCUT2D eigenvalue weighted by atomic mass is 10.1. The van der Waals surface area contributed by atoms with Crippen LogP contribution in [0.1, 0.15) is 21.6 Å². The minimum atomic E-state index is -4.28. The maximum Gasteiger partial charge on any atom is 0.322 e. The predicted octanol–water partition coefficient (Wildman–Crippen LogP) is 4.05. The molecule has 4 rings (SSSR count). The molecule has 0 spiro atoms. The van der Waals surface area contributed by atoms with Crippen molar-refractivity contribution in [1.82, 2.24) is 9.71 Å². The Labute approximate surface area is 194 Å². The predicted molar refractivity (Wildman–Crippen MR) is 125 cm³/mol. The fourth-order valence-electron chi connectivity index (χ4n) is 3.28. The van der Waals surface area contributed by atoms with E-state index in [-0.39, 0.29) is 15.5 Å². The molecule has 33 heavy (non-hydrogen) atoms. The summed E-state index contributed by atoms with van der Waals surface area (Å²) in [5, 5.41) is 10.4. The minimum absolute atomic E-state index is 0.0422. The van der Waals surface area contributed by atoms with Crippen molar-refractivity contribution in [1.29, 1.82) is 0 Å². The Morgan fingerprint density at radius 1 is 1.18 bits per heavy atom. The summed E-state index contributed by atoms with van der Waals surface area (Å²) in [4.78, 5) is 14.8. The lowest BCUT2D eigenvalue weighted by Crippen LogP contribution is -2.42. The quantitative estimate of drug-likeness (QED) is 0.361. The summed E-state index contributed by atoms with van der Waals surface area (Å²) in [6.45, 7) is 1.93. The molecule has 0 amide bonds. The molecule has 0 saturated carbocycles. The maximum atomic E-state index is 14.4. The van der Waals surface area contributed by atoms with Crippen LogP contribution in [0, 0.1) is 24.6 Å². The molecule has 168 valence electrons. The van der Waals surface area contributed by atoms with Crippen LogP contribution in [0.4, 0.5) is 4.39 Å². The van der Waals surface area contributed by atoms with Crippen LogP contribution in [0.25, 0.3) is 10.9 Å². The van der Waals surface area contributed by atoms with Crippen molar-refractivity contribution in [3.8, 4) is 11.8 Å². The van der Waals surface area contributed by atoms with E-state index in [0.717, 1.165) is 22.5 Å². The number of halogens is 1. The minimum Gasteiger partial charge on any atom is -0.480 e. The monoisotopic (exact) mass is 482 g/mol. The molecular weight excluding hydrogens is 463 g/mol. The third kappa shape index (κ3) is 5.14. The summed E-state index contributed by atoms with van der Waals surface area (Å²) in [6.07, 6.45) is 1.57. The number of carboxylic acids is 1. The van der Waals surface area contributed by atoms with Gasteiger partial charge in [0.2, 0.25) is 0 Å². The average Bonchev–Trinajstić information content (AvgIpc) is 3.36. The van der Waals surface area contributed by atoms with E-state index < -0.39 is 27.9 Å². The smallest absolute Gasteiger partial charge is 0.322 e. The highest BCUT2D eigenvalue weighted by atomic mass is 32.2. The first-order valence-corrected chi connectivity index (χ1v) is 12.2. The molecule has 0 saturated heterocycles. The first-order valence-electron chi connectivity index (χ1n) is 9.91. The molecule has 4 aromatic rings. The number of aryl methyl sites for hydroxylation is 1. The van der Waals surface area contributed by atoms with Crippen molar-refractivity contribution in [2.24, 2.45) is 0 Å². The molecule has 3 N–H and O–H groups in total. The van der Waals surface area contributed by atoms with E-state index in [9.17, 15) is 22.7 Å². The van der Waals surface area contributed by atoms with E-state index in [4.69, 9.17) is 0 Å². The summed E-state index contributed by atoms with van der Waals surface area (Å²) in [5.41, 5.74) is 3.20. The number of benzene rings is 2. The average molecular weight is 483 g/mol. The summed E-state index contributed by atoms with van der Waals surface area (Å²) >= 11 is 0.655. The number of hydrogen-bond donors (Lipinski definition) is 3. The molecule has 0 unspecified atom stereocenters. The molecule has 2 aromatic carbocycles. The number of rotatable bonds is 6. The number of para-hydroxylation sites is 1. The number of sulfonamides is 1. The van der Waals surface area contributed by atoms with Crippen LogP contribution in [-0.4, -0.2) is 30.5 Å². The van der Waals surface area contributed by atoms with Gasteiger partial charge in [-0.25, -0.2) is 12.8 Å². The second-order valence-electron chi connectivity index (χ2n) is 7.43. The van der Waals surface area contributed by atoms with E-state index >= 15 is 0 Å². The molecule has 2 heterocycles. The van der Waals surface area contributed by atoms with Gasteiger partial charge in [-0.1, -0.05) is 41.8 Å². The Morgan fingerprint density at radius 2 is 1.91 bits per heavy atom. The highest BCUT2D eigenvalue weighted by Gasteiger charge is 2.28. The Balaban J connectivity index is 1.56. The van der Waals surface area contributed by atoms with Crippen molar-refractivity contribution in [2.75, 3.05) is 0 Å². The number of hydrogen-bond acceptors (Lipinski definition) is 4. The maximum absolute atomic E-state index is 14.4. The van der Waals surface area contributed by atoms with Gasteiger partial charge in [0, 0.05) is 35.2 Å². The Morgan fingerprint density at radius 3 is 2.64 bits per heavy atom. The van der Waals surface area contributed by atoms with E-state index in [0.29, 0.717) is 22.5 Å². The standard InChI is InChI=1S/C24H19FN2O4S2/c1-15-6-8-16(9-7-15)10-11-22-19(25)13-23(32-22)33(30,31)27-21(24(28)29)12-17-14-26-20-5-3-2-4-18(17)20/h2-9,13-14,21,26-27H,12H2,1H3,(H,28,29)/t21-/m1/s1. The highest BCUT2D eigenvalue weighted by Crippen LogP contribution is 2.26. The second-order valence-corrected chi connectivity index (χ2v) is 10.4. The van der Waals surface area contributed by atoms with E-state index in [1.807, 2.05) is 43.3 Å². The number of carboxylic acid groups (broad SMARTS) is 1. The van der Waals surface area contributed by atoms with Crippen molar-refractivity contribution in [2.45, 2.75) is 23.6 Å². The largest absolute Gasteiger partial charge is 0.480 e. The number of aliphatic carboxylic acids is 1. The highest BCUT2D eigenvalue weighted by molar-refractivity contribution is 7.91. The van der Waals surface area contributed by atoms with Gasteiger partial charge in [0.05, 0.1) is 0 Å². The number of thiophene rings is 1. The van der Waals surface area contributed by atoms with Gasteiger partial charge in [-0.3, -0.25) is 4.79 Å². The van der Waals surface area contributed by atoms with Crippen molar-refractivity contribution in [3.05, 3.63) is 88.2 Å². The summed E-state index contributed by atoms with van der Waals surface area (Å²) in [7, 11) is -4.28. The third-order valence-corrected chi connectivity index (χ3v) is 7.97. The zero-order valence-corrected chi connectivity index (χ0v) is 19.1. The van der Waals surface area contributed by atoms with Crippen LogP contribution >= 0.6 is 11.3 Å². The Kier molecular flexibility index (Phi) is 6.33.